The van der Waals surface area contributed by atoms with E-state index in [1.807, 2.05) is 4.90 Å². The molecule has 0 N–H and O–H groups in total. The molecule has 1 amide bonds. The van der Waals surface area contributed by atoms with Gasteiger partial charge in [-0.1, -0.05) is 0 Å². The van der Waals surface area contributed by atoms with Gasteiger partial charge in [-0.3, -0.25) is 9.63 Å². The Morgan fingerprint density at radius 2 is 2.09 bits per heavy atom. The predicted octanol–water partition coefficient (Wildman–Crippen LogP) is 0.478. The summed E-state index contributed by atoms with van der Waals surface area (Å²) in [5.41, 5.74) is 0. The first-order valence-corrected chi connectivity index (χ1v) is 7.97. The van der Waals surface area contributed by atoms with E-state index in [0.29, 0.717) is 38.9 Å². The van der Waals surface area contributed by atoms with Gasteiger partial charge in [0.2, 0.25) is 5.95 Å². The number of hydroxylamine groups is 2. The second-order valence-corrected chi connectivity index (χ2v) is 6.30. The zero-order chi connectivity index (χ0) is 15.8. The highest BCUT2D eigenvalue weighted by atomic mass is 19.1. The third kappa shape index (κ3) is 2.76. The lowest BCUT2D eigenvalue weighted by Gasteiger charge is -2.33. The van der Waals surface area contributed by atoms with Crippen molar-refractivity contribution >= 4 is 11.9 Å². The Balaban J connectivity index is 1.49. The van der Waals surface area contributed by atoms with Crippen LogP contribution in [0.25, 0.3) is 0 Å². The number of hydrogen-bond acceptors (Lipinski definition) is 6. The van der Waals surface area contributed by atoms with Crippen molar-refractivity contribution in [2.75, 3.05) is 44.4 Å². The number of aromatic nitrogens is 2. The monoisotopic (exact) mass is 322 g/mol. The van der Waals surface area contributed by atoms with Crippen LogP contribution in [0.5, 0.6) is 0 Å². The average molecular weight is 322 g/mol. The van der Waals surface area contributed by atoms with Gasteiger partial charge in [-0.2, -0.15) is 0 Å². The predicted molar refractivity (Wildman–Crippen MR) is 77.8 cm³/mol. The molecule has 7 nitrogen and oxygen atoms in total. The first-order valence-electron chi connectivity index (χ1n) is 7.97. The molecule has 0 saturated carbocycles. The minimum Gasteiger partial charge on any atom is -0.380 e. The van der Waals surface area contributed by atoms with Gasteiger partial charge in [0.05, 0.1) is 44.7 Å². The van der Waals surface area contributed by atoms with Gasteiger partial charge in [-0.15, -0.1) is 0 Å². The Kier molecular flexibility index (Phi) is 3.86. The molecule has 1 aromatic rings. The highest BCUT2D eigenvalue weighted by molar-refractivity contribution is 5.78. The number of nitrogens with zero attached hydrogens (tertiary/aromatic N) is 4. The summed E-state index contributed by atoms with van der Waals surface area (Å²) < 4.78 is 18.6. The van der Waals surface area contributed by atoms with Crippen molar-refractivity contribution in [1.82, 2.24) is 15.0 Å². The first-order chi connectivity index (χ1) is 11.2. The van der Waals surface area contributed by atoms with E-state index in [2.05, 4.69) is 9.97 Å². The van der Waals surface area contributed by atoms with Crippen LogP contribution >= 0.6 is 0 Å². The molecule has 0 radical (unpaired) electrons. The minimum absolute atomic E-state index is 0.0130. The summed E-state index contributed by atoms with van der Waals surface area (Å²) in [6, 6.07) is 0. The van der Waals surface area contributed by atoms with Crippen molar-refractivity contribution < 1.29 is 18.8 Å². The van der Waals surface area contributed by atoms with Crippen LogP contribution in [0.2, 0.25) is 0 Å². The van der Waals surface area contributed by atoms with E-state index in [4.69, 9.17) is 9.57 Å². The molecule has 0 spiro atoms. The van der Waals surface area contributed by atoms with Crippen LogP contribution in [0.3, 0.4) is 0 Å². The zero-order valence-electron chi connectivity index (χ0n) is 12.7. The normalized spacial score (nSPS) is 30.6. The van der Waals surface area contributed by atoms with Crippen LogP contribution < -0.4 is 4.90 Å². The molecule has 0 aromatic carbocycles. The minimum atomic E-state index is -0.451. The van der Waals surface area contributed by atoms with Gasteiger partial charge >= 0.3 is 0 Å². The molecule has 3 aliphatic rings. The summed E-state index contributed by atoms with van der Waals surface area (Å²) in [5.74, 6) is 0.316. The van der Waals surface area contributed by atoms with Crippen molar-refractivity contribution in [3.63, 3.8) is 0 Å². The van der Waals surface area contributed by atoms with E-state index in [-0.39, 0.29) is 23.7 Å². The van der Waals surface area contributed by atoms with Gasteiger partial charge < -0.3 is 9.64 Å². The molecule has 0 bridgehead atoms. The number of hydrogen-bond donors (Lipinski definition) is 0. The molecular weight excluding hydrogens is 303 g/mol. The third-order valence-corrected chi connectivity index (χ3v) is 4.84. The molecule has 1 aromatic heterocycles. The Bertz CT molecular complexity index is 579. The van der Waals surface area contributed by atoms with E-state index < -0.39 is 5.82 Å². The van der Waals surface area contributed by atoms with Crippen LogP contribution in [-0.2, 0) is 14.4 Å². The van der Waals surface area contributed by atoms with Crippen molar-refractivity contribution in [3.05, 3.63) is 18.2 Å². The molecule has 3 aliphatic heterocycles. The Morgan fingerprint density at radius 1 is 1.26 bits per heavy atom. The van der Waals surface area contributed by atoms with E-state index in [9.17, 15) is 9.18 Å². The summed E-state index contributed by atoms with van der Waals surface area (Å²) in [7, 11) is 0. The lowest BCUT2D eigenvalue weighted by molar-refractivity contribution is -0.181. The van der Waals surface area contributed by atoms with Gasteiger partial charge in [-0.25, -0.2) is 19.4 Å². The van der Waals surface area contributed by atoms with Crippen molar-refractivity contribution in [3.8, 4) is 0 Å². The molecule has 4 rings (SSSR count). The third-order valence-electron chi connectivity index (χ3n) is 4.84. The standard InChI is InChI=1S/C15H19FN4O3/c16-11-4-17-15(18-5-11)19-6-10-8-22-9-13(12(10)7-19)14(21)20-2-1-3-23-20/h4-5,10,12-13H,1-3,6-9H2/t10-,12-,13-/m1/s1. The maximum atomic E-state index is 13.0. The van der Waals surface area contributed by atoms with E-state index in [1.54, 1.807) is 0 Å². The number of carbonyl (C=O) groups is 1. The summed E-state index contributed by atoms with van der Waals surface area (Å²) in [4.78, 5) is 28.1. The quantitative estimate of drug-likeness (QED) is 0.789. The highest BCUT2D eigenvalue weighted by Crippen LogP contribution is 2.36. The maximum absolute atomic E-state index is 13.0. The number of amides is 1. The lowest BCUT2D eigenvalue weighted by atomic mass is 9.82. The summed E-state index contributed by atoms with van der Waals surface area (Å²) in [6.45, 7) is 3.72. The van der Waals surface area contributed by atoms with Crippen LogP contribution in [0.15, 0.2) is 12.4 Å². The summed E-state index contributed by atoms with van der Waals surface area (Å²) in [6.07, 6.45) is 3.21. The molecule has 3 fully saturated rings. The van der Waals surface area contributed by atoms with E-state index in [0.717, 1.165) is 13.0 Å². The second-order valence-electron chi connectivity index (χ2n) is 6.30. The topological polar surface area (TPSA) is 67.8 Å². The van der Waals surface area contributed by atoms with Gasteiger partial charge in [0.25, 0.3) is 5.91 Å². The molecule has 23 heavy (non-hydrogen) atoms. The van der Waals surface area contributed by atoms with Crippen LogP contribution in [0.4, 0.5) is 10.3 Å². The van der Waals surface area contributed by atoms with Crippen LogP contribution in [0, 0.1) is 23.6 Å². The number of carbonyl (C=O) groups excluding carboxylic acids is 1. The SMILES string of the molecule is O=C([C@@H]1COC[C@H]2CN(c3ncc(F)cn3)C[C@H]21)N1CCCO1. The molecule has 4 heterocycles. The molecule has 3 atom stereocenters. The maximum Gasteiger partial charge on any atom is 0.251 e. The summed E-state index contributed by atoms with van der Waals surface area (Å²) >= 11 is 0. The van der Waals surface area contributed by atoms with Crippen molar-refractivity contribution in [1.29, 1.82) is 0 Å². The van der Waals surface area contributed by atoms with Gasteiger partial charge in [0.1, 0.15) is 0 Å². The fourth-order valence-corrected chi connectivity index (χ4v) is 3.69. The van der Waals surface area contributed by atoms with Crippen LogP contribution in [0.1, 0.15) is 6.42 Å². The van der Waals surface area contributed by atoms with Gasteiger partial charge in [0, 0.05) is 19.0 Å². The summed E-state index contributed by atoms with van der Waals surface area (Å²) in [5, 5.41) is 1.48. The zero-order valence-corrected chi connectivity index (χ0v) is 12.7. The molecule has 124 valence electrons. The van der Waals surface area contributed by atoms with Gasteiger partial charge in [0.15, 0.2) is 5.82 Å². The number of halogens is 1. The van der Waals surface area contributed by atoms with E-state index >= 15 is 0 Å². The molecule has 0 aliphatic carbocycles. The Hall–Kier alpha value is -1.80. The van der Waals surface area contributed by atoms with E-state index in [1.165, 1.54) is 17.5 Å². The second kappa shape index (κ2) is 6.01. The molecular formula is C15H19FN4O3. The number of anilines is 1. The van der Waals surface area contributed by atoms with Crippen molar-refractivity contribution in [2.45, 2.75) is 6.42 Å². The Morgan fingerprint density at radius 3 is 2.83 bits per heavy atom. The molecule has 0 unspecified atom stereocenters. The molecule has 3 saturated heterocycles. The van der Waals surface area contributed by atoms with Gasteiger partial charge in [-0.05, 0) is 12.3 Å². The largest absolute Gasteiger partial charge is 0.380 e. The lowest BCUT2D eigenvalue weighted by Crippen LogP contribution is -2.45. The fourth-order valence-electron chi connectivity index (χ4n) is 3.69. The van der Waals surface area contributed by atoms with Crippen LogP contribution in [-0.4, -0.2) is 60.4 Å². The smallest absolute Gasteiger partial charge is 0.251 e. The number of ether oxygens (including phenoxy) is 1. The van der Waals surface area contributed by atoms with Crippen molar-refractivity contribution in [2.24, 2.45) is 17.8 Å². The highest BCUT2D eigenvalue weighted by Gasteiger charge is 2.46. The number of rotatable bonds is 2. The first kappa shape index (κ1) is 14.8. The fraction of sp³-hybridized carbons (Fsp3) is 0.667. The average Bonchev–Trinajstić information content (AvgIpc) is 3.24. The Labute approximate surface area is 133 Å². The molecule has 8 heteroatoms. The number of fused-ring (bicyclic) bond motifs is 1.